The Hall–Kier alpha value is -0.620. The largest absolute Gasteiger partial charge is 0.393 e. The summed E-state index contributed by atoms with van der Waals surface area (Å²) in [5.74, 6) is -3.79. The van der Waals surface area contributed by atoms with Gasteiger partial charge in [-0.2, -0.15) is 8.42 Å². The van der Waals surface area contributed by atoms with Gasteiger partial charge in [0.2, 0.25) is 5.79 Å². The van der Waals surface area contributed by atoms with Gasteiger partial charge in [0.15, 0.2) is 5.78 Å². The Labute approximate surface area is 135 Å². The molecule has 1 rings (SSSR count). The molecule has 9 nitrogen and oxygen atoms in total. The molecular weight excluding hydrogens is 332 g/mol. The third-order valence-electron chi connectivity index (χ3n) is 3.79. The molecule has 0 bridgehead atoms. The van der Waals surface area contributed by atoms with Crippen molar-refractivity contribution in [2.24, 2.45) is 5.92 Å². The third kappa shape index (κ3) is 5.75. The molecule has 0 aromatic rings. The van der Waals surface area contributed by atoms with Crippen molar-refractivity contribution in [2.45, 2.75) is 56.9 Å². The van der Waals surface area contributed by atoms with E-state index in [1.165, 1.54) is 6.92 Å². The van der Waals surface area contributed by atoms with Crippen LogP contribution in [0, 0.1) is 5.92 Å². The maximum Gasteiger partial charge on any atom is 0.264 e. The van der Waals surface area contributed by atoms with Gasteiger partial charge in [0, 0.05) is 25.7 Å². The second kappa shape index (κ2) is 7.51. The van der Waals surface area contributed by atoms with Gasteiger partial charge in [-0.15, -0.1) is 0 Å². The fourth-order valence-electron chi connectivity index (χ4n) is 2.65. The summed E-state index contributed by atoms with van der Waals surface area (Å²) in [4.78, 5) is 11.5. The minimum atomic E-state index is -3.74. The summed E-state index contributed by atoms with van der Waals surface area (Å²) in [6.45, 7) is 1.96. The van der Waals surface area contributed by atoms with Crippen LogP contribution >= 0.6 is 0 Å². The Bertz CT molecular complexity index is 518. The molecule has 0 radical (unpaired) electrons. The lowest BCUT2D eigenvalue weighted by molar-refractivity contribution is -0.285. The van der Waals surface area contributed by atoms with Gasteiger partial charge in [0.25, 0.3) is 10.1 Å². The Balaban J connectivity index is 2.86. The van der Waals surface area contributed by atoms with Crippen LogP contribution < -0.4 is 0 Å². The van der Waals surface area contributed by atoms with Crippen LogP contribution in [0.5, 0.6) is 0 Å². The molecule has 1 saturated heterocycles. The van der Waals surface area contributed by atoms with E-state index in [9.17, 15) is 33.6 Å². The zero-order valence-corrected chi connectivity index (χ0v) is 14.1. The van der Waals surface area contributed by atoms with Crippen LogP contribution in [0.2, 0.25) is 0 Å². The number of hydrogen-bond donors (Lipinski definition) is 4. The number of carbonyl (C=O) groups is 1. The fraction of sp³-hybridized carbons (Fsp3) is 0.923. The van der Waals surface area contributed by atoms with Crippen molar-refractivity contribution in [3.8, 4) is 0 Å². The maximum absolute atomic E-state index is 11.5. The van der Waals surface area contributed by atoms with Crippen molar-refractivity contribution < 1.29 is 42.6 Å². The molecule has 0 aromatic carbocycles. The van der Waals surface area contributed by atoms with E-state index in [-0.39, 0.29) is 6.42 Å². The lowest BCUT2D eigenvalue weighted by Gasteiger charge is -2.44. The number of ether oxygens (including phenoxy) is 1. The molecule has 0 aliphatic carbocycles. The zero-order valence-electron chi connectivity index (χ0n) is 13.2. The van der Waals surface area contributed by atoms with Gasteiger partial charge in [0.05, 0.1) is 37.3 Å². The van der Waals surface area contributed by atoms with Crippen LogP contribution in [-0.2, 0) is 23.8 Å². The summed E-state index contributed by atoms with van der Waals surface area (Å²) < 4.78 is 31.6. The van der Waals surface area contributed by atoms with E-state index in [0.717, 1.165) is 13.2 Å². The van der Waals surface area contributed by atoms with Crippen LogP contribution in [0.15, 0.2) is 0 Å². The smallest absolute Gasteiger partial charge is 0.264 e. The predicted molar refractivity (Wildman–Crippen MR) is 77.7 cm³/mol. The highest BCUT2D eigenvalue weighted by atomic mass is 32.2. The average Bonchev–Trinajstić information content (AvgIpc) is 2.34. The number of Topliss-reactive ketones (excluding diaryl/α,β-unsaturated/α-hetero) is 1. The third-order valence-corrected chi connectivity index (χ3v) is 4.36. The minimum Gasteiger partial charge on any atom is -0.393 e. The van der Waals surface area contributed by atoms with Crippen molar-refractivity contribution in [2.75, 3.05) is 12.9 Å². The summed E-state index contributed by atoms with van der Waals surface area (Å²) in [7, 11) is -3.74. The molecule has 1 aliphatic heterocycles. The van der Waals surface area contributed by atoms with E-state index in [1.54, 1.807) is 0 Å². The molecule has 0 spiro atoms. The Morgan fingerprint density at radius 3 is 2.43 bits per heavy atom. The monoisotopic (exact) mass is 356 g/mol. The van der Waals surface area contributed by atoms with Gasteiger partial charge in [-0.1, -0.05) is 0 Å². The molecule has 1 heterocycles. The minimum absolute atomic E-state index is 0.238. The fourth-order valence-corrected chi connectivity index (χ4v) is 3.05. The summed E-state index contributed by atoms with van der Waals surface area (Å²) in [5.41, 5.74) is 0. The van der Waals surface area contributed by atoms with Crippen molar-refractivity contribution in [1.82, 2.24) is 0 Å². The molecule has 1 aliphatic rings. The number of rotatable bonds is 7. The molecule has 0 aromatic heterocycles. The first kappa shape index (κ1) is 20.4. The predicted octanol–water partition coefficient (Wildman–Crippen LogP) is -1.86. The van der Waals surface area contributed by atoms with Crippen molar-refractivity contribution in [3.63, 3.8) is 0 Å². The number of ketones is 1. The Morgan fingerprint density at radius 1 is 1.43 bits per heavy atom. The number of aliphatic hydroxyl groups excluding tert-OH is 3. The van der Waals surface area contributed by atoms with E-state index in [2.05, 4.69) is 4.18 Å². The summed E-state index contributed by atoms with van der Waals surface area (Å²) in [5, 5.41) is 39.9. The molecular formula is C13H24O9S. The highest BCUT2D eigenvalue weighted by molar-refractivity contribution is 7.85. The normalized spacial score (nSPS) is 34.8. The Kier molecular flexibility index (Phi) is 6.67. The van der Waals surface area contributed by atoms with Gasteiger partial charge in [-0.05, 0) is 6.92 Å². The summed E-state index contributed by atoms with van der Waals surface area (Å²) in [6, 6.07) is 0. The quantitative estimate of drug-likeness (QED) is 0.385. The SMILES string of the molecule is CC(=O)C1(O)CC(O)C([C@@H](C)O)C(C[C@H](O)COS(C)(=O)=O)O1. The van der Waals surface area contributed by atoms with Crippen molar-refractivity contribution in [1.29, 1.82) is 0 Å². The topological polar surface area (TPSA) is 151 Å². The maximum atomic E-state index is 11.5. The molecule has 4 N–H and O–H groups in total. The molecule has 23 heavy (non-hydrogen) atoms. The number of hydrogen-bond acceptors (Lipinski definition) is 9. The van der Waals surface area contributed by atoms with Crippen LogP contribution in [0.4, 0.5) is 0 Å². The Morgan fingerprint density at radius 2 is 2.00 bits per heavy atom. The summed E-state index contributed by atoms with van der Waals surface area (Å²) in [6.07, 6.45) is -4.43. The van der Waals surface area contributed by atoms with Crippen LogP contribution in [-0.4, -0.2) is 77.7 Å². The van der Waals surface area contributed by atoms with Gasteiger partial charge < -0.3 is 25.2 Å². The van der Waals surface area contributed by atoms with E-state index < -0.39 is 65.0 Å². The second-order valence-electron chi connectivity index (χ2n) is 5.96. The van der Waals surface area contributed by atoms with Crippen LogP contribution in [0.1, 0.15) is 26.7 Å². The first-order chi connectivity index (χ1) is 10.4. The van der Waals surface area contributed by atoms with E-state index in [0.29, 0.717) is 0 Å². The number of aliphatic hydroxyl groups is 4. The van der Waals surface area contributed by atoms with Gasteiger partial charge >= 0.3 is 0 Å². The molecule has 6 atom stereocenters. The van der Waals surface area contributed by atoms with E-state index in [1.807, 2.05) is 0 Å². The van der Waals surface area contributed by atoms with Gasteiger partial charge in [-0.25, -0.2) is 0 Å². The van der Waals surface area contributed by atoms with E-state index >= 15 is 0 Å². The van der Waals surface area contributed by atoms with Gasteiger partial charge in [0.1, 0.15) is 0 Å². The van der Waals surface area contributed by atoms with Crippen LogP contribution in [0.25, 0.3) is 0 Å². The molecule has 0 saturated carbocycles. The number of carbonyl (C=O) groups excluding carboxylic acids is 1. The second-order valence-corrected chi connectivity index (χ2v) is 7.61. The molecule has 0 amide bonds. The summed E-state index contributed by atoms with van der Waals surface area (Å²) >= 11 is 0. The van der Waals surface area contributed by atoms with E-state index in [4.69, 9.17) is 4.74 Å². The first-order valence-corrected chi connectivity index (χ1v) is 8.97. The molecule has 4 unspecified atom stereocenters. The zero-order chi connectivity index (χ0) is 18.0. The molecule has 136 valence electrons. The average molecular weight is 356 g/mol. The molecule has 1 fully saturated rings. The lowest BCUT2D eigenvalue weighted by atomic mass is 9.81. The highest BCUT2D eigenvalue weighted by Crippen LogP contribution is 2.36. The standard InChI is InChI=1S/C13H24O9S/c1-7(14)12-10(17)5-13(18,8(2)15)22-11(12)4-9(16)6-21-23(3,19)20/h7,9-12,14,16-18H,4-6H2,1-3H3/t7-,9+,10?,11?,12?,13?/m1/s1. The highest BCUT2D eigenvalue weighted by Gasteiger charge is 2.50. The van der Waals surface area contributed by atoms with Crippen molar-refractivity contribution >= 4 is 15.9 Å². The molecule has 10 heteroatoms. The lowest BCUT2D eigenvalue weighted by Crippen LogP contribution is -2.58. The first-order valence-electron chi connectivity index (χ1n) is 7.15. The van der Waals surface area contributed by atoms with Crippen LogP contribution in [0.3, 0.4) is 0 Å². The van der Waals surface area contributed by atoms with Gasteiger partial charge in [-0.3, -0.25) is 8.98 Å². The van der Waals surface area contributed by atoms with Crippen molar-refractivity contribution in [3.05, 3.63) is 0 Å².